The number of carbonyl (C=O) groups is 1. The van der Waals surface area contributed by atoms with Crippen LogP contribution in [-0.2, 0) is 13.0 Å². The third-order valence-electron chi connectivity index (χ3n) is 3.93. The summed E-state index contributed by atoms with van der Waals surface area (Å²) in [5.41, 5.74) is 1.03. The first kappa shape index (κ1) is 14.3. The zero-order valence-corrected chi connectivity index (χ0v) is 12.3. The van der Waals surface area contributed by atoms with Gasteiger partial charge in [0.05, 0.1) is 17.4 Å². The van der Waals surface area contributed by atoms with E-state index in [2.05, 4.69) is 16.2 Å². The van der Waals surface area contributed by atoms with E-state index in [-0.39, 0.29) is 18.0 Å². The monoisotopic (exact) mass is 295 g/mol. The second-order valence-electron chi connectivity index (χ2n) is 5.41. The number of benzene rings is 1. The lowest BCUT2D eigenvalue weighted by molar-refractivity contribution is 0.0959. The molecule has 0 aliphatic carbocycles. The molecule has 0 unspecified atom stereocenters. The SMILES string of the molecule is C#CCNC(=O)c1ccc2c(=O)n3c(nc2c1)CCCCC3. The van der Waals surface area contributed by atoms with Crippen molar-refractivity contribution in [1.82, 2.24) is 14.9 Å². The van der Waals surface area contributed by atoms with Gasteiger partial charge in [0.25, 0.3) is 11.5 Å². The quantitative estimate of drug-likeness (QED) is 0.854. The van der Waals surface area contributed by atoms with Gasteiger partial charge in [-0.3, -0.25) is 14.2 Å². The molecule has 1 N–H and O–H groups in total. The highest BCUT2D eigenvalue weighted by atomic mass is 16.1. The highest BCUT2D eigenvalue weighted by molar-refractivity contribution is 5.97. The van der Waals surface area contributed by atoms with E-state index in [0.717, 1.165) is 38.1 Å². The Bertz CT molecular complexity index is 830. The number of aryl methyl sites for hydroxylation is 1. The standard InChI is InChI=1S/C17H17N3O2/c1-2-9-18-16(21)12-7-8-13-14(11-12)19-15-6-4-3-5-10-20(15)17(13)22/h1,7-8,11H,3-6,9-10H2,(H,18,21). The Kier molecular flexibility index (Phi) is 3.92. The number of hydrogen-bond donors (Lipinski definition) is 1. The first-order valence-electron chi connectivity index (χ1n) is 7.46. The van der Waals surface area contributed by atoms with Gasteiger partial charge in [-0.05, 0) is 31.0 Å². The normalized spacial score (nSPS) is 14.0. The molecule has 0 spiro atoms. The number of fused-ring (bicyclic) bond motifs is 2. The van der Waals surface area contributed by atoms with E-state index >= 15 is 0 Å². The number of aromatic nitrogens is 2. The molecular formula is C17H17N3O2. The minimum atomic E-state index is -0.253. The minimum Gasteiger partial charge on any atom is -0.341 e. The fourth-order valence-corrected chi connectivity index (χ4v) is 2.79. The van der Waals surface area contributed by atoms with Crippen LogP contribution in [0.5, 0.6) is 0 Å². The van der Waals surface area contributed by atoms with Gasteiger partial charge in [-0.1, -0.05) is 12.3 Å². The van der Waals surface area contributed by atoms with Crippen LogP contribution in [-0.4, -0.2) is 22.0 Å². The number of amides is 1. The number of terminal acetylenes is 1. The molecule has 5 nitrogen and oxygen atoms in total. The molecule has 1 amide bonds. The molecule has 0 radical (unpaired) electrons. The summed E-state index contributed by atoms with van der Waals surface area (Å²) in [5, 5.41) is 3.17. The Morgan fingerprint density at radius 3 is 3.05 bits per heavy atom. The van der Waals surface area contributed by atoms with Crippen molar-refractivity contribution in [1.29, 1.82) is 0 Å². The van der Waals surface area contributed by atoms with Crippen LogP contribution in [0.2, 0.25) is 0 Å². The van der Waals surface area contributed by atoms with Crippen molar-refractivity contribution >= 4 is 16.8 Å². The maximum Gasteiger partial charge on any atom is 0.261 e. The average molecular weight is 295 g/mol. The number of nitrogens with one attached hydrogen (secondary N) is 1. The van der Waals surface area contributed by atoms with E-state index in [9.17, 15) is 9.59 Å². The van der Waals surface area contributed by atoms with E-state index in [1.165, 1.54) is 0 Å². The summed E-state index contributed by atoms with van der Waals surface area (Å²) in [4.78, 5) is 29.1. The van der Waals surface area contributed by atoms with Crippen LogP contribution in [0.15, 0.2) is 23.0 Å². The molecule has 1 aromatic heterocycles. The molecule has 1 aliphatic rings. The van der Waals surface area contributed by atoms with Crippen molar-refractivity contribution in [2.45, 2.75) is 32.2 Å². The number of carbonyl (C=O) groups excluding carboxylic acids is 1. The molecule has 2 aromatic rings. The van der Waals surface area contributed by atoms with Crippen molar-refractivity contribution < 1.29 is 4.79 Å². The van der Waals surface area contributed by atoms with E-state index in [0.29, 0.717) is 16.5 Å². The van der Waals surface area contributed by atoms with Crippen LogP contribution in [0.1, 0.15) is 35.4 Å². The van der Waals surface area contributed by atoms with Crippen LogP contribution < -0.4 is 10.9 Å². The van der Waals surface area contributed by atoms with Crippen molar-refractivity contribution in [2.24, 2.45) is 0 Å². The second-order valence-corrected chi connectivity index (χ2v) is 5.41. The van der Waals surface area contributed by atoms with Gasteiger partial charge in [-0.15, -0.1) is 6.42 Å². The smallest absolute Gasteiger partial charge is 0.261 e. The Labute approximate surface area is 128 Å². The van der Waals surface area contributed by atoms with Gasteiger partial charge in [0, 0.05) is 18.5 Å². The van der Waals surface area contributed by atoms with Gasteiger partial charge < -0.3 is 5.32 Å². The lowest BCUT2D eigenvalue weighted by Crippen LogP contribution is -2.26. The molecule has 22 heavy (non-hydrogen) atoms. The lowest BCUT2D eigenvalue weighted by Gasteiger charge is -2.10. The molecule has 112 valence electrons. The number of hydrogen-bond acceptors (Lipinski definition) is 3. The van der Waals surface area contributed by atoms with Crippen molar-refractivity contribution in [3.8, 4) is 12.3 Å². The van der Waals surface area contributed by atoms with Crippen LogP contribution in [0.4, 0.5) is 0 Å². The molecule has 0 saturated carbocycles. The van der Waals surface area contributed by atoms with Crippen LogP contribution in [0.25, 0.3) is 10.9 Å². The summed E-state index contributed by atoms with van der Waals surface area (Å²) < 4.78 is 1.77. The van der Waals surface area contributed by atoms with Gasteiger partial charge in [0.15, 0.2) is 0 Å². The third-order valence-corrected chi connectivity index (χ3v) is 3.93. The summed E-state index contributed by atoms with van der Waals surface area (Å²) in [6, 6.07) is 4.98. The van der Waals surface area contributed by atoms with Crippen LogP contribution in [0.3, 0.4) is 0 Å². The van der Waals surface area contributed by atoms with Gasteiger partial charge >= 0.3 is 0 Å². The first-order chi connectivity index (χ1) is 10.7. The molecule has 0 atom stereocenters. The molecule has 1 aromatic carbocycles. The van der Waals surface area contributed by atoms with Gasteiger partial charge in [-0.25, -0.2) is 4.98 Å². The Hall–Kier alpha value is -2.61. The first-order valence-corrected chi connectivity index (χ1v) is 7.46. The van der Waals surface area contributed by atoms with E-state index in [1.54, 1.807) is 22.8 Å². The Morgan fingerprint density at radius 2 is 2.23 bits per heavy atom. The fraction of sp³-hybridized carbons (Fsp3) is 0.353. The summed E-state index contributed by atoms with van der Waals surface area (Å²) >= 11 is 0. The predicted octanol–water partition coefficient (Wildman–Crippen LogP) is 1.49. The van der Waals surface area contributed by atoms with Gasteiger partial charge in [0.2, 0.25) is 0 Å². The van der Waals surface area contributed by atoms with E-state index in [1.807, 2.05) is 0 Å². The number of nitrogens with zero attached hydrogens (tertiary/aromatic N) is 2. The topological polar surface area (TPSA) is 64.0 Å². The minimum absolute atomic E-state index is 0.0162. The molecule has 2 heterocycles. The second kappa shape index (κ2) is 6.02. The molecule has 5 heteroatoms. The highest BCUT2D eigenvalue weighted by Crippen LogP contribution is 2.16. The van der Waals surface area contributed by atoms with Crippen molar-refractivity contribution in [3.63, 3.8) is 0 Å². The molecular weight excluding hydrogens is 278 g/mol. The summed E-state index contributed by atoms with van der Waals surface area (Å²) in [5.74, 6) is 2.92. The summed E-state index contributed by atoms with van der Waals surface area (Å²) in [6.07, 6.45) is 9.10. The molecule has 0 bridgehead atoms. The largest absolute Gasteiger partial charge is 0.341 e. The van der Waals surface area contributed by atoms with E-state index < -0.39 is 0 Å². The van der Waals surface area contributed by atoms with Crippen LogP contribution in [0, 0.1) is 12.3 Å². The number of rotatable bonds is 2. The zero-order valence-electron chi connectivity index (χ0n) is 12.3. The van der Waals surface area contributed by atoms with Crippen LogP contribution >= 0.6 is 0 Å². The molecule has 3 rings (SSSR count). The molecule has 1 aliphatic heterocycles. The van der Waals surface area contributed by atoms with Crippen molar-refractivity contribution in [3.05, 3.63) is 39.9 Å². The maximum atomic E-state index is 12.6. The average Bonchev–Trinajstić information content (AvgIpc) is 2.78. The molecule has 0 fully saturated rings. The predicted molar refractivity (Wildman–Crippen MR) is 84.7 cm³/mol. The summed E-state index contributed by atoms with van der Waals surface area (Å²) in [7, 11) is 0. The van der Waals surface area contributed by atoms with Gasteiger partial charge in [0.1, 0.15) is 5.82 Å². The van der Waals surface area contributed by atoms with Gasteiger partial charge in [-0.2, -0.15) is 0 Å². The lowest BCUT2D eigenvalue weighted by atomic mass is 10.1. The zero-order chi connectivity index (χ0) is 15.5. The third kappa shape index (κ3) is 2.60. The van der Waals surface area contributed by atoms with Crippen molar-refractivity contribution in [2.75, 3.05) is 6.54 Å². The van der Waals surface area contributed by atoms with E-state index in [4.69, 9.17) is 6.42 Å². The highest BCUT2D eigenvalue weighted by Gasteiger charge is 2.15. The Balaban J connectivity index is 2.08. The maximum absolute atomic E-state index is 12.6. The Morgan fingerprint density at radius 1 is 1.36 bits per heavy atom. The summed E-state index contributed by atoms with van der Waals surface area (Å²) in [6.45, 7) is 0.901. The molecule has 0 saturated heterocycles. The fourth-order valence-electron chi connectivity index (χ4n) is 2.79.